The predicted octanol–water partition coefficient (Wildman–Crippen LogP) is -0.277. The van der Waals surface area contributed by atoms with E-state index in [1.54, 1.807) is 0 Å². The van der Waals surface area contributed by atoms with Gasteiger partial charge in [0.2, 0.25) is 6.10 Å². The van der Waals surface area contributed by atoms with E-state index in [4.69, 9.17) is 10.2 Å². The lowest BCUT2D eigenvalue weighted by atomic mass is 10.00. The zero-order valence-corrected chi connectivity index (χ0v) is 6.97. The Hall–Kier alpha value is -1.59. The van der Waals surface area contributed by atoms with Crippen molar-refractivity contribution >= 4 is 18.4 Å². The van der Waals surface area contributed by atoms with E-state index in [-0.39, 0.29) is 12.9 Å². The molecule has 74 valence electrons. The molecule has 2 N–H and O–H groups in total. The summed E-state index contributed by atoms with van der Waals surface area (Å²) in [6.45, 7) is 1.44. The summed E-state index contributed by atoms with van der Waals surface area (Å²) >= 11 is 0. The molecular weight excluding hydrogens is 180 g/mol. The molecule has 13 heavy (non-hydrogen) atoms. The molecule has 0 aliphatic carbocycles. The zero-order valence-electron chi connectivity index (χ0n) is 6.97. The van der Waals surface area contributed by atoms with Gasteiger partial charge in [-0.15, -0.1) is 0 Å². The Morgan fingerprint density at radius 1 is 1.38 bits per heavy atom. The van der Waals surface area contributed by atoms with Crippen molar-refractivity contribution in [2.75, 3.05) is 0 Å². The van der Waals surface area contributed by atoms with Crippen molar-refractivity contribution in [2.45, 2.75) is 19.4 Å². The summed E-state index contributed by atoms with van der Waals surface area (Å²) in [6.07, 6.45) is -1.53. The summed E-state index contributed by atoms with van der Waals surface area (Å²) in [5.41, 5.74) is 0. The Balaban J connectivity index is 4.57. The van der Waals surface area contributed by atoms with Crippen LogP contribution in [0.1, 0.15) is 13.3 Å². The molecular formula is C7H10O6. The third-order valence-electron chi connectivity index (χ3n) is 1.57. The van der Waals surface area contributed by atoms with E-state index in [2.05, 4.69) is 4.74 Å². The number of carbonyl (C=O) groups excluding carboxylic acids is 1. The average molecular weight is 190 g/mol. The first kappa shape index (κ1) is 11.4. The summed E-state index contributed by atoms with van der Waals surface area (Å²) in [5.74, 6) is -3.96. The molecule has 2 atom stereocenters. The van der Waals surface area contributed by atoms with Gasteiger partial charge in [0.1, 0.15) is 5.92 Å². The molecule has 0 saturated carbocycles. The fraction of sp³-hybridized carbons (Fsp3) is 0.571. The van der Waals surface area contributed by atoms with Gasteiger partial charge in [0.25, 0.3) is 6.47 Å². The van der Waals surface area contributed by atoms with Crippen molar-refractivity contribution in [2.24, 2.45) is 5.92 Å². The number of hydrogen-bond acceptors (Lipinski definition) is 4. The normalized spacial score (nSPS) is 14.2. The van der Waals surface area contributed by atoms with E-state index < -0.39 is 24.0 Å². The standard InChI is InChI=1S/C7H10O6/c1-2-4(6(9)10)5(7(11)12)13-3-8/h3-5H,2H2,1H3,(H,9,10)(H,11,12). The van der Waals surface area contributed by atoms with Crippen LogP contribution in [-0.2, 0) is 19.1 Å². The molecule has 6 nitrogen and oxygen atoms in total. The fourth-order valence-electron chi connectivity index (χ4n) is 0.903. The van der Waals surface area contributed by atoms with Crippen molar-refractivity contribution in [3.63, 3.8) is 0 Å². The maximum Gasteiger partial charge on any atom is 0.345 e. The van der Waals surface area contributed by atoms with Crippen molar-refractivity contribution in [3.05, 3.63) is 0 Å². The van der Waals surface area contributed by atoms with Gasteiger partial charge in [-0.05, 0) is 6.42 Å². The number of ether oxygens (including phenoxy) is 1. The highest BCUT2D eigenvalue weighted by Gasteiger charge is 2.33. The van der Waals surface area contributed by atoms with Crippen LogP contribution in [0, 0.1) is 5.92 Å². The largest absolute Gasteiger partial charge is 0.481 e. The number of aliphatic carboxylic acids is 2. The van der Waals surface area contributed by atoms with Gasteiger partial charge in [-0.2, -0.15) is 0 Å². The summed E-state index contributed by atoms with van der Waals surface area (Å²) in [6, 6.07) is 0. The molecule has 0 aliphatic rings. The lowest BCUT2D eigenvalue weighted by molar-refractivity contribution is -0.167. The smallest absolute Gasteiger partial charge is 0.345 e. The first-order valence-electron chi connectivity index (χ1n) is 3.59. The average Bonchev–Trinajstić information content (AvgIpc) is 2.03. The number of rotatable bonds is 6. The first-order chi connectivity index (χ1) is 6.04. The van der Waals surface area contributed by atoms with E-state index in [9.17, 15) is 14.4 Å². The maximum absolute atomic E-state index is 10.5. The van der Waals surface area contributed by atoms with Gasteiger partial charge in [-0.3, -0.25) is 9.59 Å². The molecule has 6 heteroatoms. The number of carboxylic acid groups (broad SMARTS) is 2. The van der Waals surface area contributed by atoms with Gasteiger partial charge in [0, 0.05) is 0 Å². The molecule has 0 radical (unpaired) electrons. The molecule has 0 bridgehead atoms. The molecule has 0 amide bonds. The van der Waals surface area contributed by atoms with Gasteiger partial charge >= 0.3 is 11.9 Å². The molecule has 0 fully saturated rings. The summed E-state index contributed by atoms with van der Waals surface area (Å²) < 4.78 is 4.16. The number of carboxylic acids is 2. The van der Waals surface area contributed by atoms with Crippen LogP contribution in [0.15, 0.2) is 0 Å². The number of carbonyl (C=O) groups is 3. The van der Waals surface area contributed by atoms with Gasteiger partial charge < -0.3 is 14.9 Å². The van der Waals surface area contributed by atoms with Crippen LogP contribution in [0.25, 0.3) is 0 Å². The third kappa shape index (κ3) is 3.10. The molecule has 0 spiro atoms. The molecule has 0 aliphatic heterocycles. The second kappa shape index (κ2) is 5.13. The first-order valence-corrected chi connectivity index (χ1v) is 3.59. The topological polar surface area (TPSA) is 101 Å². The molecule has 0 saturated heterocycles. The van der Waals surface area contributed by atoms with Gasteiger partial charge in [0.15, 0.2) is 0 Å². The lowest BCUT2D eigenvalue weighted by Gasteiger charge is -2.16. The SMILES string of the molecule is CCC(C(=O)O)C(OC=O)C(=O)O. The highest BCUT2D eigenvalue weighted by Crippen LogP contribution is 2.12. The van der Waals surface area contributed by atoms with E-state index in [1.807, 2.05) is 0 Å². The maximum atomic E-state index is 10.5. The van der Waals surface area contributed by atoms with Crippen LogP contribution < -0.4 is 0 Å². The number of hydrogen-bond donors (Lipinski definition) is 2. The lowest BCUT2D eigenvalue weighted by Crippen LogP contribution is -2.36. The van der Waals surface area contributed by atoms with Crippen molar-refractivity contribution in [1.29, 1.82) is 0 Å². The molecule has 0 aromatic heterocycles. The van der Waals surface area contributed by atoms with Gasteiger partial charge in [-0.1, -0.05) is 6.92 Å². The molecule has 2 unspecified atom stereocenters. The Morgan fingerprint density at radius 3 is 2.15 bits per heavy atom. The monoisotopic (exact) mass is 190 g/mol. The molecule has 0 aromatic carbocycles. The van der Waals surface area contributed by atoms with Crippen molar-refractivity contribution < 1.29 is 29.3 Å². The van der Waals surface area contributed by atoms with Crippen LogP contribution in [0.4, 0.5) is 0 Å². The van der Waals surface area contributed by atoms with Gasteiger partial charge in [0.05, 0.1) is 0 Å². The summed E-state index contributed by atoms with van der Waals surface area (Å²) in [4.78, 5) is 30.8. The summed E-state index contributed by atoms with van der Waals surface area (Å²) in [5, 5.41) is 17.1. The van der Waals surface area contributed by atoms with Crippen LogP contribution >= 0.6 is 0 Å². The minimum atomic E-state index is -1.61. The molecule has 0 aromatic rings. The van der Waals surface area contributed by atoms with Crippen LogP contribution in [0.2, 0.25) is 0 Å². The van der Waals surface area contributed by atoms with Crippen molar-refractivity contribution in [1.82, 2.24) is 0 Å². The molecule has 0 heterocycles. The minimum absolute atomic E-state index is 0.0651. The zero-order chi connectivity index (χ0) is 10.4. The Labute approximate surface area is 74.1 Å². The van der Waals surface area contributed by atoms with E-state index in [0.717, 1.165) is 0 Å². The summed E-state index contributed by atoms with van der Waals surface area (Å²) in [7, 11) is 0. The molecule has 0 rings (SSSR count). The van der Waals surface area contributed by atoms with E-state index in [1.165, 1.54) is 6.92 Å². The third-order valence-corrected chi connectivity index (χ3v) is 1.57. The second-order valence-corrected chi connectivity index (χ2v) is 2.34. The minimum Gasteiger partial charge on any atom is -0.481 e. The van der Waals surface area contributed by atoms with E-state index >= 15 is 0 Å². The van der Waals surface area contributed by atoms with Gasteiger partial charge in [-0.25, -0.2) is 4.79 Å². The van der Waals surface area contributed by atoms with Crippen LogP contribution in [0.5, 0.6) is 0 Å². The second-order valence-electron chi connectivity index (χ2n) is 2.34. The van der Waals surface area contributed by atoms with Crippen molar-refractivity contribution in [3.8, 4) is 0 Å². The quantitative estimate of drug-likeness (QED) is 0.559. The Morgan fingerprint density at radius 2 is 1.92 bits per heavy atom. The Kier molecular flexibility index (Phi) is 4.50. The Bertz CT molecular complexity index is 211. The highest BCUT2D eigenvalue weighted by atomic mass is 16.5. The highest BCUT2D eigenvalue weighted by molar-refractivity contribution is 5.82. The fourth-order valence-corrected chi connectivity index (χ4v) is 0.903. The van der Waals surface area contributed by atoms with Crippen LogP contribution in [0.3, 0.4) is 0 Å². The predicted molar refractivity (Wildman–Crippen MR) is 40.0 cm³/mol. The van der Waals surface area contributed by atoms with Crippen LogP contribution in [-0.4, -0.2) is 34.7 Å². The van der Waals surface area contributed by atoms with E-state index in [0.29, 0.717) is 0 Å².